The molecule has 1 heterocycles. The van der Waals surface area contributed by atoms with Crippen molar-refractivity contribution in [3.8, 4) is 0 Å². The van der Waals surface area contributed by atoms with Crippen LogP contribution in [-0.2, 0) is 21.2 Å². The molecule has 1 amide bonds. The molecule has 1 aromatic carbocycles. The number of likely N-dealkylation sites (tertiary alicyclic amines) is 1. The van der Waals surface area contributed by atoms with E-state index < -0.39 is 10.0 Å². The van der Waals surface area contributed by atoms with Crippen LogP contribution in [0, 0.1) is 5.92 Å². The Morgan fingerprint density at radius 1 is 1.33 bits per heavy atom. The number of hydrogen-bond acceptors (Lipinski definition) is 4. The van der Waals surface area contributed by atoms with Gasteiger partial charge in [0.1, 0.15) is 0 Å². The summed E-state index contributed by atoms with van der Waals surface area (Å²) in [6.07, 6.45) is 2.67. The van der Waals surface area contributed by atoms with Crippen LogP contribution in [0.15, 0.2) is 29.2 Å². The van der Waals surface area contributed by atoms with E-state index in [2.05, 4.69) is 24.1 Å². The van der Waals surface area contributed by atoms with E-state index in [-0.39, 0.29) is 16.7 Å². The van der Waals surface area contributed by atoms with Gasteiger partial charge in [0.25, 0.3) is 0 Å². The van der Waals surface area contributed by atoms with Gasteiger partial charge >= 0.3 is 0 Å². The van der Waals surface area contributed by atoms with Crippen molar-refractivity contribution >= 4 is 15.9 Å². The second-order valence-corrected chi connectivity index (χ2v) is 8.22. The van der Waals surface area contributed by atoms with E-state index >= 15 is 0 Å². The standard InChI is InChI=1S/C17H27N3O3S/c1-13(2)20-11-3-4-15(12-20)17(21)19-10-9-14-5-7-16(8-6-14)24(18,22)23/h5-8,13,15H,3-4,9-12H2,1-2H3,(H,19,21)(H2,18,22,23)/t15-/m1/s1. The zero-order valence-electron chi connectivity index (χ0n) is 14.4. The van der Waals surface area contributed by atoms with Crippen molar-refractivity contribution < 1.29 is 13.2 Å². The molecule has 0 radical (unpaired) electrons. The average Bonchev–Trinajstić information content (AvgIpc) is 2.54. The SMILES string of the molecule is CC(C)N1CCC[C@@H](C(=O)NCCc2ccc(S(N)(=O)=O)cc2)C1. The van der Waals surface area contributed by atoms with Crippen molar-refractivity contribution in [1.82, 2.24) is 10.2 Å². The number of nitrogens with two attached hydrogens (primary N) is 1. The van der Waals surface area contributed by atoms with E-state index in [9.17, 15) is 13.2 Å². The summed E-state index contributed by atoms with van der Waals surface area (Å²) in [5.74, 6) is 0.174. The second-order valence-electron chi connectivity index (χ2n) is 6.66. The van der Waals surface area contributed by atoms with Gasteiger partial charge in [-0.2, -0.15) is 0 Å². The number of carbonyl (C=O) groups is 1. The van der Waals surface area contributed by atoms with Gasteiger partial charge in [-0.25, -0.2) is 13.6 Å². The molecule has 0 saturated carbocycles. The third-order valence-electron chi connectivity index (χ3n) is 4.52. The average molecular weight is 353 g/mol. The van der Waals surface area contributed by atoms with Crippen molar-refractivity contribution in [1.29, 1.82) is 0 Å². The Balaban J connectivity index is 1.80. The molecule has 0 spiro atoms. The van der Waals surface area contributed by atoms with Crippen LogP contribution >= 0.6 is 0 Å². The van der Waals surface area contributed by atoms with Crippen molar-refractivity contribution in [2.24, 2.45) is 11.1 Å². The van der Waals surface area contributed by atoms with Gasteiger partial charge in [0.05, 0.1) is 10.8 Å². The van der Waals surface area contributed by atoms with Gasteiger partial charge in [-0.05, 0) is 57.4 Å². The molecule has 0 aromatic heterocycles. The Hall–Kier alpha value is -1.44. The number of benzene rings is 1. The van der Waals surface area contributed by atoms with Crippen LogP contribution in [0.1, 0.15) is 32.3 Å². The maximum Gasteiger partial charge on any atom is 0.238 e. The van der Waals surface area contributed by atoms with E-state index in [1.54, 1.807) is 12.1 Å². The maximum absolute atomic E-state index is 12.3. The number of sulfonamides is 1. The molecular formula is C17H27N3O3S. The minimum atomic E-state index is -3.65. The first kappa shape index (κ1) is 18.9. The first-order valence-corrected chi connectivity index (χ1v) is 9.95. The van der Waals surface area contributed by atoms with E-state index in [4.69, 9.17) is 5.14 Å². The Morgan fingerprint density at radius 2 is 2.00 bits per heavy atom. The van der Waals surface area contributed by atoms with Crippen LogP contribution in [0.2, 0.25) is 0 Å². The number of carbonyl (C=O) groups excluding carboxylic acids is 1. The lowest BCUT2D eigenvalue weighted by Crippen LogP contribution is -2.45. The summed E-state index contributed by atoms with van der Waals surface area (Å²) in [6, 6.07) is 6.92. The predicted molar refractivity (Wildman–Crippen MR) is 94.0 cm³/mol. The fourth-order valence-electron chi connectivity index (χ4n) is 3.01. The maximum atomic E-state index is 12.3. The van der Waals surface area contributed by atoms with E-state index in [1.807, 2.05) is 0 Å². The van der Waals surface area contributed by atoms with Crippen LogP contribution in [0.4, 0.5) is 0 Å². The topological polar surface area (TPSA) is 92.5 Å². The predicted octanol–water partition coefficient (Wildman–Crippen LogP) is 1.11. The normalized spacial score (nSPS) is 19.4. The minimum absolute atomic E-state index is 0.0610. The summed E-state index contributed by atoms with van der Waals surface area (Å²) in [7, 11) is -3.65. The Bertz CT molecular complexity index is 656. The minimum Gasteiger partial charge on any atom is -0.355 e. The third-order valence-corrected chi connectivity index (χ3v) is 5.45. The highest BCUT2D eigenvalue weighted by molar-refractivity contribution is 7.89. The van der Waals surface area contributed by atoms with Gasteiger partial charge in [0.15, 0.2) is 0 Å². The van der Waals surface area contributed by atoms with Crippen LogP contribution in [0.3, 0.4) is 0 Å². The summed E-state index contributed by atoms with van der Waals surface area (Å²) in [6.45, 7) is 6.76. The van der Waals surface area contributed by atoms with E-state index in [0.717, 1.165) is 31.5 Å². The highest BCUT2D eigenvalue weighted by atomic mass is 32.2. The molecule has 24 heavy (non-hydrogen) atoms. The zero-order valence-corrected chi connectivity index (χ0v) is 15.2. The van der Waals surface area contributed by atoms with Crippen LogP contribution in [0.5, 0.6) is 0 Å². The molecule has 0 unspecified atom stereocenters. The number of rotatable bonds is 6. The van der Waals surface area contributed by atoms with Gasteiger partial charge in [-0.15, -0.1) is 0 Å². The lowest BCUT2D eigenvalue weighted by Gasteiger charge is -2.34. The highest BCUT2D eigenvalue weighted by Crippen LogP contribution is 2.18. The van der Waals surface area contributed by atoms with Gasteiger partial charge in [-0.1, -0.05) is 12.1 Å². The molecule has 1 aromatic rings. The molecule has 1 aliphatic rings. The molecule has 1 saturated heterocycles. The second kappa shape index (κ2) is 8.09. The van der Waals surface area contributed by atoms with Crippen LogP contribution < -0.4 is 10.5 Å². The Morgan fingerprint density at radius 3 is 2.58 bits per heavy atom. The van der Waals surface area contributed by atoms with Crippen molar-refractivity contribution in [2.45, 2.75) is 44.0 Å². The molecule has 0 aliphatic carbocycles. The number of nitrogens with zero attached hydrogens (tertiary/aromatic N) is 1. The molecule has 0 bridgehead atoms. The molecular weight excluding hydrogens is 326 g/mol. The first-order valence-electron chi connectivity index (χ1n) is 8.41. The highest BCUT2D eigenvalue weighted by Gasteiger charge is 2.26. The monoisotopic (exact) mass is 353 g/mol. The van der Waals surface area contributed by atoms with Gasteiger partial charge < -0.3 is 10.2 Å². The molecule has 3 N–H and O–H groups in total. The fraction of sp³-hybridized carbons (Fsp3) is 0.588. The van der Waals surface area contributed by atoms with Crippen molar-refractivity contribution in [3.05, 3.63) is 29.8 Å². The molecule has 1 aliphatic heterocycles. The number of hydrogen-bond donors (Lipinski definition) is 2. The van der Waals surface area contributed by atoms with Gasteiger partial charge in [0, 0.05) is 19.1 Å². The molecule has 6 nitrogen and oxygen atoms in total. The largest absolute Gasteiger partial charge is 0.355 e. The number of nitrogens with one attached hydrogen (secondary N) is 1. The van der Waals surface area contributed by atoms with Gasteiger partial charge in [-0.3, -0.25) is 4.79 Å². The quantitative estimate of drug-likeness (QED) is 0.801. The van der Waals surface area contributed by atoms with Crippen LogP contribution in [-0.4, -0.2) is 44.9 Å². The number of amides is 1. The summed E-state index contributed by atoms with van der Waals surface area (Å²) in [5, 5.41) is 8.07. The van der Waals surface area contributed by atoms with E-state index in [1.165, 1.54) is 12.1 Å². The molecule has 1 fully saturated rings. The Kier molecular flexibility index (Phi) is 6.37. The zero-order chi connectivity index (χ0) is 17.7. The summed E-state index contributed by atoms with van der Waals surface area (Å²) >= 11 is 0. The smallest absolute Gasteiger partial charge is 0.238 e. The van der Waals surface area contributed by atoms with Crippen molar-refractivity contribution in [3.63, 3.8) is 0 Å². The summed E-state index contributed by atoms with van der Waals surface area (Å²) in [4.78, 5) is 14.8. The number of primary sulfonamides is 1. The van der Waals surface area contributed by atoms with Crippen molar-refractivity contribution in [2.75, 3.05) is 19.6 Å². The van der Waals surface area contributed by atoms with Gasteiger partial charge in [0.2, 0.25) is 15.9 Å². The lowest BCUT2D eigenvalue weighted by molar-refractivity contribution is -0.126. The summed E-state index contributed by atoms with van der Waals surface area (Å²) in [5.41, 5.74) is 0.968. The Labute approximate surface area is 144 Å². The molecule has 2 rings (SSSR count). The fourth-order valence-corrected chi connectivity index (χ4v) is 3.53. The first-order chi connectivity index (χ1) is 11.3. The molecule has 7 heteroatoms. The van der Waals surface area contributed by atoms with E-state index in [0.29, 0.717) is 19.0 Å². The third kappa shape index (κ3) is 5.29. The lowest BCUT2D eigenvalue weighted by atomic mass is 9.96. The van der Waals surface area contributed by atoms with Crippen LogP contribution in [0.25, 0.3) is 0 Å². The molecule has 134 valence electrons. The molecule has 1 atom stereocenters. The summed E-state index contributed by atoms with van der Waals surface area (Å²) < 4.78 is 22.4. The number of piperidine rings is 1.